The van der Waals surface area contributed by atoms with Gasteiger partial charge in [-0.3, -0.25) is 4.79 Å². The fraction of sp³-hybridized carbons (Fsp3) is 0.167. The Hall–Kier alpha value is -0.980. The lowest BCUT2D eigenvalue weighted by Gasteiger charge is -2.04. The first kappa shape index (κ1) is 10.1. The summed E-state index contributed by atoms with van der Waals surface area (Å²) in [7, 11) is 0. The molecule has 0 atom stereocenters. The van der Waals surface area contributed by atoms with Gasteiger partial charge in [0.05, 0.1) is 4.47 Å². The zero-order valence-electron chi connectivity index (χ0n) is 5.97. The molecule has 0 unspecified atom stereocenters. The van der Waals surface area contributed by atoms with E-state index in [0.717, 1.165) is 12.5 Å². The highest BCUT2D eigenvalue weighted by Crippen LogP contribution is 2.23. The molecule has 0 fully saturated rings. The van der Waals surface area contributed by atoms with Crippen molar-refractivity contribution in [1.82, 2.24) is 9.97 Å². The van der Waals surface area contributed by atoms with Crippen molar-refractivity contribution in [2.45, 2.75) is 6.18 Å². The van der Waals surface area contributed by atoms with Gasteiger partial charge in [-0.25, -0.2) is 9.97 Å². The predicted octanol–water partition coefficient (Wildman–Crippen LogP) is 1.98. The Bertz CT molecular complexity index is 339. The monoisotopic (exact) mass is 254 g/mol. The molecule has 0 aliphatic heterocycles. The van der Waals surface area contributed by atoms with Gasteiger partial charge in [-0.2, -0.15) is 13.2 Å². The lowest BCUT2D eigenvalue weighted by molar-refractivity contribution is -0.0888. The van der Waals surface area contributed by atoms with Crippen molar-refractivity contribution < 1.29 is 18.0 Å². The van der Waals surface area contributed by atoms with E-state index < -0.39 is 17.7 Å². The number of ketones is 1. The van der Waals surface area contributed by atoms with Gasteiger partial charge in [-0.15, -0.1) is 0 Å². The molecule has 0 N–H and O–H groups in total. The average molecular weight is 255 g/mol. The summed E-state index contributed by atoms with van der Waals surface area (Å²) in [6.45, 7) is 0. The molecule has 0 bridgehead atoms. The first-order valence-corrected chi connectivity index (χ1v) is 3.79. The molecule has 1 aromatic rings. The molecule has 1 rings (SSSR count). The van der Waals surface area contributed by atoms with Crippen molar-refractivity contribution in [3.8, 4) is 0 Å². The van der Waals surface area contributed by atoms with Crippen LogP contribution in [-0.4, -0.2) is 21.9 Å². The maximum atomic E-state index is 11.9. The number of hydrogen-bond donors (Lipinski definition) is 0. The normalized spacial score (nSPS) is 11.4. The molecule has 7 heteroatoms. The van der Waals surface area contributed by atoms with Gasteiger partial charge >= 0.3 is 6.18 Å². The molecule has 0 saturated carbocycles. The van der Waals surface area contributed by atoms with Crippen LogP contribution in [0.25, 0.3) is 0 Å². The molecule has 0 aliphatic rings. The summed E-state index contributed by atoms with van der Waals surface area (Å²) in [5.74, 6) is -1.98. The van der Waals surface area contributed by atoms with E-state index in [2.05, 4.69) is 25.9 Å². The number of Topliss-reactive ketones (excluding diaryl/α,β-unsaturated/α-hetero) is 1. The Labute approximate surface area is 79.1 Å². The fourth-order valence-electron chi connectivity index (χ4n) is 0.614. The summed E-state index contributed by atoms with van der Waals surface area (Å²) in [4.78, 5) is 17.3. The van der Waals surface area contributed by atoms with Crippen molar-refractivity contribution in [2.75, 3.05) is 0 Å². The largest absolute Gasteiger partial charge is 0.456 e. The minimum absolute atomic E-state index is 0.0719. The highest BCUT2D eigenvalue weighted by molar-refractivity contribution is 9.10. The van der Waals surface area contributed by atoms with Gasteiger partial charge in [-0.05, 0) is 15.9 Å². The third-order valence-corrected chi connectivity index (χ3v) is 1.72. The second-order valence-electron chi connectivity index (χ2n) is 2.05. The number of carbonyl (C=O) groups excluding carboxylic acids is 1. The van der Waals surface area contributed by atoms with Crippen LogP contribution in [0.1, 0.15) is 10.5 Å². The molecule has 3 nitrogen and oxygen atoms in total. The Morgan fingerprint density at radius 2 is 2.08 bits per heavy atom. The highest BCUT2D eigenvalue weighted by atomic mass is 79.9. The van der Waals surface area contributed by atoms with Crippen LogP contribution in [0.15, 0.2) is 17.0 Å². The standard InChI is InChI=1S/C6H2BrF3N2O/c7-3-1-11-2-12-4(3)5(13)6(8,9)10/h1-2H. The van der Waals surface area contributed by atoms with E-state index in [-0.39, 0.29) is 4.47 Å². The molecule has 0 spiro atoms. The lowest BCUT2D eigenvalue weighted by Crippen LogP contribution is -2.24. The Kier molecular flexibility index (Phi) is 2.65. The van der Waals surface area contributed by atoms with E-state index in [1.165, 1.54) is 0 Å². The van der Waals surface area contributed by atoms with Crippen LogP contribution in [0, 0.1) is 0 Å². The number of hydrogen-bond acceptors (Lipinski definition) is 3. The van der Waals surface area contributed by atoms with Crippen LogP contribution in [-0.2, 0) is 0 Å². The number of alkyl halides is 3. The molecular weight excluding hydrogens is 253 g/mol. The SMILES string of the molecule is O=C(c1ncncc1Br)C(F)(F)F. The first-order chi connectivity index (χ1) is 5.93. The molecule has 70 valence electrons. The maximum Gasteiger partial charge on any atom is 0.456 e. The molecule has 1 heterocycles. The van der Waals surface area contributed by atoms with Crippen LogP contribution in [0.4, 0.5) is 13.2 Å². The Morgan fingerprint density at radius 3 is 2.54 bits per heavy atom. The van der Waals surface area contributed by atoms with E-state index >= 15 is 0 Å². The van der Waals surface area contributed by atoms with Gasteiger partial charge in [0.25, 0.3) is 5.78 Å². The van der Waals surface area contributed by atoms with Gasteiger partial charge in [0.2, 0.25) is 0 Å². The minimum atomic E-state index is -4.91. The topological polar surface area (TPSA) is 42.9 Å². The Morgan fingerprint density at radius 1 is 1.46 bits per heavy atom. The zero-order chi connectivity index (χ0) is 10.1. The minimum Gasteiger partial charge on any atom is -0.282 e. The van der Waals surface area contributed by atoms with Crippen molar-refractivity contribution in [3.63, 3.8) is 0 Å². The average Bonchev–Trinajstić information content (AvgIpc) is 2.02. The van der Waals surface area contributed by atoms with Crippen molar-refractivity contribution >= 4 is 21.7 Å². The van der Waals surface area contributed by atoms with Crippen LogP contribution in [0.2, 0.25) is 0 Å². The molecule has 13 heavy (non-hydrogen) atoms. The van der Waals surface area contributed by atoms with Crippen LogP contribution < -0.4 is 0 Å². The molecule has 0 aromatic carbocycles. The van der Waals surface area contributed by atoms with E-state index in [0.29, 0.717) is 0 Å². The third kappa shape index (κ3) is 2.24. The number of carbonyl (C=O) groups is 1. The highest BCUT2D eigenvalue weighted by Gasteiger charge is 2.41. The van der Waals surface area contributed by atoms with Gasteiger partial charge in [0.15, 0.2) is 0 Å². The summed E-state index contributed by atoms with van der Waals surface area (Å²) in [6.07, 6.45) is -2.95. The molecule has 1 aromatic heterocycles. The summed E-state index contributed by atoms with van der Waals surface area (Å²) < 4.78 is 35.6. The Balaban J connectivity index is 3.10. The van der Waals surface area contributed by atoms with Crippen molar-refractivity contribution in [3.05, 3.63) is 22.7 Å². The smallest absolute Gasteiger partial charge is 0.282 e. The van der Waals surface area contributed by atoms with E-state index in [9.17, 15) is 18.0 Å². The van der Waals surface area contributed by atoms with Crippen LogP contribution in [0.3, 0.4) is 0 Å². The number of nitrogens with zero attached hydrogens (tertiary/aromatic N) is 2. The van der Waals surface area contributed by atoms with Crippen molar-refractivity contribution in [1.29, 1.82) is 0 Å². The quantitative estimate of drug-likeness (QED) is 0.720. The lowest BCUT2D eigenvalue weighted by atomic mass is 10.3. The molecule has 0 amide bonds. The van der Waals surface area contributed by atoms with Gasteiger partial charge in [-0.1, -0.05) is 0 Å². The van der Waals surface area contributed by atoms with Crippen molar-refractivity contribution in [2.24, 2.45) is 0 Å². The number of rotatable bonds is 1. The summed E-state index contributed by atoms with van der Waals surface area (Å²) in [5, 5.41) is 0. The zero-order valence-corrected chi connectivity index (χ0v) is 7.56. The molecular formula is C6H2BrF3N2O. The third-order valence-electron chi connectivity index (χ3n) is 1.14. The second-order valence-corrected chi connectivity index (χ2v) is 2.90. The first-order valence-electron chi connectivity index (χ1n) is 3.00. The van der Waals surface area contributed by atoms with Gasteiger partial charge in [0.1, 0.15) is 12.0 Å². The summed E-state index contributed by atoms with van der Waals surface area (Å²) >= 11 is 2.74. The second kappa shape index (κ2) is 3.41. The molecule has 0 saturated heterocycles. The van der Waals surface area contributed by atoms with Crippen LogP contribution in [0.5, 0.6) is 0 Å². The predicted molar refractivity (Wildman–Crippen MR) is 40.1 cm³/mol. The molecule has 0 aliphatic carbocycles. The number of halogens is 4. The summed E-state index contributed by atoms with van der Waals surface area (Å²) in [5.41, 5.74) is -0.678. The summed E-state index contributed by atoms with van der Waals surface area (Å²) in [6, 6.07) is 0. The number of aromatic nitrogens is 2. The van der Waals surface area contributed by atoms with Gasteiger partial charge in [0, 0.05) is 6.20 Å². The fourth-order valence-corrected chi connectivity index (χ4v) is 1.01. The van der Waals surface area contributed by atoms with E-state index in [4.69, 9.17) is 0 Å². The van der Waals surface area contributed by atoms with E-state index in [1.54, 1.807) is 0 Å². The van der Waals surface area contributed by atoms with Crippen LogP contribution >= 0.6 is 15.9 Å². The maximum absolute atomic E-state index is 11.9. The van der Waals surface area contributed by atoms with E-state index in [1.807, 2.05) is 0 Å². The molecule has 0 radical (unpaired) electrons. The van der Waals surface area contributed by atoms with Gasteiger partial charge < -0.3 is 0 Å².